The number of nitrogens with one attached hydrogen (secondary N) is 1. The standard InChI is InChI=1S/C15H25N3/c1-12(16-2)13-5-6-15-14(11-13)7-8-18(15)10-9-17(3)4/h5-6,11-12,16H,7-10H2,1-4H3. The third kappa shape index (κ3) is 2.85. The maximum Gasteiger partial charge on any atom is 0.0400 e. The van der Waals surface area contributed by atoms with Gasteiger partial charge >= 0.3 is 0 Å². The molecule has 0 aliphatic carbocycles. The van der Waals surface area contributed by atoms with Crippen LogP contribution in [0.25, 0.3) is 0 Å². The van der Waals surface area contributed by atoms with Gasteiger partial charge in [-0.3, -0.25) is 0 Å². The van der Waals surface area contributed by atoms with Crippen LogP contribution in [0.5, 0.6) is 0 Å². The minimum absolute atomic E-state index is 0.436. The van der Waals surface area contributed by atoms with Crippen LogP contribution in [0.15, 0.2) is 18.2 Å². The summed E-state index contributed by atoms with van der Waals surface area (Å²) in [4.78, 5) is 4.75. The first-order valence-corrected chi connectivity index (χ1v) is 6.81. The van der Waals surface area contributed by atoms with E-state index in [1.807, 2.05) is 7.05 Å². The average Bonchev–Trinajstić information content (AvgIpc) is 2.77. The van der Waals surface area contributed by atoms with E-state index in [9.17, 15) is 0 Å². The van der Waals surface area contributed by atoms with Crippen molar-refractivity contribution in [2.75, 3.05) is 45.7 Å². The topological polar surface area (TPSA) is 18.5 Å². The Morgan fingerprint density at radius 2 is 2.17 bits per heavy atom. The van der Waals surface area contributed by atoms with Gasteiger partial charge in [0.15, 0.2) is 0 Å². The molecule has 1 aromatic rings. The summed E-state index contributed by atoms with van der Waals surface area (Å²) in [6.45, 7) is 5.62. The van der Waals surface area contributed by atoms with E-state index in [0.29, 0.717) is 6.04 Å². The first-order valence-electron chi connectivity index (χ1n) is 6.81. The molecule has 1 unspecified atom stereocenters. The van der Waals surface area contributed by atoms with Crippen LogP contribution in [-0.4, -0.2) is 45.7 Å². The molecule has 0 spiro atoms. The van der Waals surface area contributed by atoms with Crippen molar-refractivity contribution >= 4 is 5.69 Å². The molecule has 100 valence electrons. The van der Waals surface area contributed by atoms with Crippen LogP contribution in [0.2, 0.25) is 0 Å². The molecule has 0 saturated carbocycles. The largest absolute Gasteiger partial charge is 0.370 e. The lowest BCUT2D eigenvalue weighted by atomic mass is 10.0. The fraction of sp³-hybridized carbons (Fsp3) is 0.600. The normalized spacial score (nSPS) is 16.2. The first kappa shape index (κ1) is 13.4. The number of benzene rings is 1. The minimum Gasteiger partial charge on any atom is -0.370 e. The molecule has 18 heavy (non-hydrogen) atoms. The van der Waals surface area contributed by atoms with Crippen molar-refractivity contribution in [3.05, 3.63) is 29.3 Å². The molecule has 2 rings (SSSR count). The van der Waals surface area contributed by atoms with Crippen LogP contribution in [0.1, 0.15) is 24.1 Å². The summed E-state index contributed by atoms with van der Waals surface area (Å²) in [5.74, 6) is 0. The number of hydrogen-bond donors (Lipinski definition) is 1. The quantitative estimate of drug-likeness (QED) is 0.857. The molecule has 0 aromatic heterocycles. The second kappa shape index (κ2) is 5.72. The van der Waals surface area contributed by atoms with E-state index in [4.69, 9.17) is 0 Å². The molecule has 0 fully saturated rings. The lowest BCUT2D eigenvalue weighted by Gasteiger charge is -2.22. The summed E-state index contributed by atoms with van der Waals surface area (Å²) in [5, 5.41) is 3.30. The Hall–Kier alpha value is -1.06. The Bertz CT molecular complexity index is 401. The Kier molecular flexibility index (Phi) is 4.25. The van der Waals surface area contributed by atoms with E-state index in [0.717, 1.165) is 13.1 Å². The highest BCUT2D eigenvalue weighted by molar-refractivity contribution is 5.59. The maximum atomic E-state index is 3.30. The molecule has 0 saturated heterocycles. The molecule has 3 heteroatoms. The smallest absolute Gasteiger partial charge is 0.0400 e. The van der Waals surface area contributed by atoms with E-state index in [1.165, 1.54) is 29.8 Å². The van der Waals surface area contributed by atoms with Crippen molar-refractivity contribution in [1.82, 2.24) is 10.2 Å². The number of anilines is 1. The van der Waals surface area contributed by atoms with Gasteiger partial charge in [-0.05, 0) is 51.7 Å². The number of fused-ring (bicyclic) bond motifs is 1. The highest BCUT2D eigenvalue weighted by atomic mass is 15.2. The predicted octanol–water partition coefficient (Wildman–Crippen LogP) is 1.89. The molecule has 3 nitrogen and oxygen atoms in total. The van der Waals surface area contributed by atoms with Crippen molar-refractivity contribution < 1.29 is 0 Å². The summed E-state index contributed by atoms with van der Waals surface area (Å²) in [5.41, 5.74) is 4.34. The van der Waals surface area contributed by atoms with Crippen LogP contribution in [-0.2, 0) is 6.42 Å². The molecular formula is C15H25N3. The summed E-state index contributed by atoms with van der Waals surface area (Å²) in [7, 11) is 6.28. The molecule has 1 atom stereocenters. The SMILES string of the molecule is CNC(C)c1ccc2c(c1)CCN2CCN(C)C. The van der Waals surface area contributed by atoms with Crippen LogP contribution in [0, 0.1) is 0 Å². The highest BCUT2D eigenvalue weighted by Gasteiger charge is 2.19. The number of rotatable bonds is 5. The minimum atomic E-state index is 0.436. The van der Waals surface area contributed by atoms with E-state index in [-0.39, 0.29) is 0 Å². The fourth-order valence-electron chi connectivity index (χ4n) is 2.48. The van der Waals surface area contributed by atoms with Gasteiger partial charge in [0.05, 0.1) is 0 Å². The van der Waals surface area contributed by atoms with Crippen LogP contribution in [0.4, 0.5) is 5.69 Å². The molecule has 0 bridgehead atoms. The Balaban J connectivity index is 2.10. The van der Waals surface area contributed by atoms with Crippen molar-refractivity contribution in [2.24, 2.45) is 0 Å². The van der Waals surface area contributed by atoms with Crippen molar-refractivity contribution in [3.63, 3.8) is 0 Å². The highest BCUT2D eigenvalue weighted by Crippen LogP contribution is 2.30. The molecule has 1 aromatic carbocycles. The zero-order valence-corrected chi connectivity index (χ0v) is 12.0. The van der Waals surface area contributed by atoms with Gasteiger partial charge in [-0.15, -0.1) is 0 Å². The first-order chi connectivity index (χ1) is 8.61. The Morgan fingerprint density at radius 3 is 2.83 bits per heavy atom. The van der Waals surface area contributed by atoms with E-state index in [1.54, 1.807) is 0 Å². The zero-order chi connectivity index (χ0) is 13.1. The summed E-state index contributed by atoms with van der Waals surface area (Å²) >= 11 is 0. The molecule has 0 amide bonds. The average molecular weight is 247 g/mol. The van der Waals surface area contributed by atoms with E-state index < -0.39 is 0 Å². The molecule has 0 radical (unpaired) electrons. The second-order valence-electron chi connectivity index (χ2n) is 5.44. The van der Waals surface area contributed by atoms with Gasteiger partial charge in [-0.2, -0.15) is 0 Å². The van der Waals surface area contributed by atoms with Gasteiger partial charge in [-0.1, -0.05) is 12.1 Å². The number of likely N-dealkylation sites (N-methyl/N-ethyl adjacent to an activating group) is 1. The van der Waals surface area contributed by atoms with Crippen molar-refractivity contribution in [3.8, 4) is 0 Å². The lowest BCUT2D eigenvalue weighted by Crippen LogP contribution is -2.30. The van der Waals surface area contributed by atoms with Gasteiger partial charge in [0.2, 0.25) is 0 Å². The van der Waals surface area contributed by atoms with E-state index >= 15 is 0 Å². The van der Waals surface area contributed by atoms with Gasteiger partial charge in [0.25, 0.3) is 0 Å². The van der Waals surface area contributed by atoms with Gasteiger partial charge in [0, 0.05) is 31.4 Å². The maximum absolute atomic E-state index is 3.30. The van der Waals surface area contributed by atoms with Gasteiger partial charge < -0.3 is 15.1 Å². The Labute approximate surface area is 111 Å². The summed E-state index contributed by atoms with van der Waals surface area (Å²) in [6.07, 6.45) is 1.19. The number of hydrogen-bond acceptors (Lipinski definition) is 3. The molecule has 1 heterocycles. The third-order valence-corrected chi connectivity index (χ3v) is 3.85. The van der Waals surface area contributed by atoms with Crippen LogP contribution < -0.4 is 10.2 Å². The predicted molar refractivity (Wildman–Crippen MR) is 78.4 cm³/mol. The summed E-state index contributed by atoms with van der Waals surface area (Å²) in [6, 6.07) is 7.35. The molecule has 1 N–H and O–H groups in total. The fourth-order valence-corrected chi connectivity index (χ4v) is 2.48. The van der Waals surface area contributed by atoms with Crippen molar-refractivity contribution in [2.45, 2.75) is 19.4 Å². The molecule has 1 aliphatic rings. The van der Waals surface area contributed by atoms with Crippen LogP contribution >= 0.6 is 0 Å². The van der Waals surface area contributed by atoms with Crippen molar-refractivity contribution in [1.29, 1.82) is 0 Å². The molecule has 1 aliphatic heterocycles. The third-order valence-electron chi connectivity index (χ3n) is 3.85. The summed E-state index contributed by atoms with van der Waals surface area (Å²) < 4.78 is 0. The number of nitrogens with zero attached hydrogens (tertiary/aromatic N) is 2. The lowest BCUT2D eigenvalue weighted by molar-refractivity contribution is 0.414. The second-order valence-corrected chi connectivity index (χ2v) is 5.44. The van der Waals surface area contributed by atoms with Crippen LogP contribution in [0.3, 0.4) is 0 Å². The Morgan fingerprint density at radius 1 is 1.39 bits per heavy atom. The van der Waals surface area contributed by atoms with E-state index in [2.05, 4.69) is 54.3 Å². The van der Waals surface area contributed by atoms with Gasteiger partial charge in [0.1, 0.15) is 0 Å². The zero-order valence-electron chi connectivity index (χ0n) is 12.0. The molecular weight excluding hydrogens is 222 g/mol. The monoisotopic (exact) mass is 247 g/mol. The van der Waals surface area contributed by atoms with Gasteiger partial charge in [-0.25, -0.2) is 0 Å².